The van der Waals surface area contributed by atoms with Crippen LogP contribution < -0.4 is 11.3 Å². The van der Waals surface area contributed by atoms with Gasteiger partial charge in [-0.05, 0) is 29.9 Å². The fourth-order valence-corrected chi connectivity index (χ4v) is 2.87. The van der Waals surface area contributed by atoms with E-state index < -0.39 is 0 Å². The molecule has 0 aliphatic heterocycles. The lowest BCUT2D eigenvalue weighted by Crippen LogP contribution is -2.29. The fourth-order valence-electron chi connectivity index (χ4n) is 1.98. The largest absolute Gasteiger partial charge is 0.271 e. The third-order valence-corrected chi connectivity index (χ3v) is 3.70. The molecule has 0 saturated heterocycles. The zero-order chi connectivity index (χ0) is 13.1. The van der Waals surface area contributed by atoms with Crippen LogP contribution in [0.3, 0.4) is 0 Å². The molecule has 3 N–H and O–H groups in total. The van der Waals surface area contributed by atoms with Crippen molar-refractivity contribution in [3.63, 3.8) is 0 Å². The van der Waals surface area contributed by atoms with Gasteiger partial charge in [-0.25, -0.2) is 5.43 Å². The molecule has 1 aromatic heterocycles. The molecule has 5 heteroatoms. The third kappa shape index (κ3) is 2.58. The summed E-state index contributed by atoms with van der Waals surface area (Å²) in [5, 5.41) is 4.21. The smallest absolute Gasteiger partial charge is 0.0837 e. The standard InChI is InChI=1S/C13H18N4S/c1-8(2)11-13(18-17-16-11)12(15-14)10-6-4-5-9(3)7-10/h4-8,12,15H,14H2,1-3H3. The minimum absolute atomic E-state index is 0.0395. The minimum atomic E-state index is -0.0395. The molecular weight excluding hydrogens is 244 g/mol. The van der Waals surface area contributed by atoms with Crippen molar-refractivity contribution in [3.05, 3.63) is 46.0 Å². The van der Waals surface area contributed by atoms with Crippen LogP contribution in [0.1, 0.15) is 47.5 Å². The maximum atomic E-state index is 5.72. The summed E-state index contributed by atoms with van der Waals surface area (Å²) in [4.78, 5) is 1.10. The normalized spacial score (nSPS) is 12.9. The molecule has 1 atom stereocenters. The molecule has 0 bridgehead atoms. The van der Waals surface area contributed by atoms with Crippen LogP contribution in [0, 0.1) is 6.92 Å². The average Bonchev–Trinajstić information content (AvgIpc) is 2.79. The zero-order valence-electron chi connectivity index (χ0n) is 10.8. The van der Waals surface area contributed by atoms with Gasteiger partial charge in [0.1, 0.15) is 0 Å². The van der Waals surface area contributed by atoms with Gasteiger partial charge in [0.2, 0.25) is 0 Å². The van der Waals surface area contributed by atoms with E-state index in [0.717, 1.165) is 16.1 Å². The van der Waals surface area contributed by atoms with Crippen molar-refractivity contribution in [2.75, 3.05) is 0 Å². The molecule has 18 heavy (non-hydrogen) atoms. The first-order valence-electron chi connectivity index (χ1n) is 5.98. The number of hydrazine groups is 1. The molecule has 0 aliphatic rings. The molecule has 1 heterocycles. The number of rotatable bonds is 4. The van der Waals surface area contributed by atoms with E-state index in [2.05, 4.69) is 54.0 Å². The molecule has 96 valence electrons. The average molecular weight is 262 g/mol. The molecular formula is C13H18N4S. The number of nitrogens with two attached hydrogens (primary N) is 1. The monoisotopic (exact) mass is 262 g/mol. The molecule has 4 nitrogen and oxygen atoms in total. The summed E-state index contributed by atoms with van der Waals surface area (Å²) in [5.74, 6) is 6.06. The molecule has 2 rings (SSSR count). The van der Waals surface area contributed by atoms with E-state index in [0.29, 0.717) is 5.92 Å². The van der Waals surface area contributed by atoms with E-state index in [-0.39, 0.29) is 6.04 Å². The van der Waals surface area contributed by atoms with Gasteiger partial charge in [-0.3, -0.25) is 5.84 Å². The SMILES string of the molecule is Cc1cccc(C(NN)c2snnc2C(C)C)c1. The maximum absolute atomic E-state index is 5.72. The van der Waals surface area contributed by atoms with Gasteiger partial charge in [0, 0.05) is 0 Å². The predicted octanol–water partition coefficient (Wildman–Crippen LogP) is 2.52. The highest BCUT2D eigenvalue weighted by atomic mass is 32.1. The van der Waals surface area contributed by atoms with Crippen molar-refractivity contribution in [2.24, 2.45) is 5.84 Å². The van der Waals surface area contributed by atoms with Crippen molar-refractivity contribution in [3.8, 4) is 0 Å². The fraction of sp³-hybridized carbons (Fsp3) is 0.385. The Balaban J connectivity index is 2.42. The highest BCUT2D eigenvalue weighted by Gasteiger charge is 2.21. The molecule has 1 unspecified atom stereocenters. The van der Waals surface area contributed by atoms with Crippen LogP contribution in [0.2, 0.25) is 0 Å². The summed E-state index contributed by atoms with van der Waals surface area (Å²) in [6.07, 6.45) is 0. The Kier molecular flexibility index (Phi) is 4.06. The molecule has 2 aromatic rings. The Morgan fingerprint density at radius 2 is 2.11 bits per heavy atom. The number of aryl methyl sites for hydroxylation is 1. The predicted molar refractivity (Wildman–Crippen MR) is 74.3 cm³/mol. The Morgan fingerprint density at radius 3 is 2.72 bits per heavy atom. The Hall–Kier alpha value is -1.30. The van der Waals surface area contributed by atoms with Crippen LogP contribution in [0.25, 0.3) is 0 Å². The van der Waals surface area contributed by atoms with E-state index >= 15 is 0 Å². The molecule has 0 aliphatic carbocycles. The molecule has 0 amide bonds. The van der Waals surface area contributed by atoms with Gasteiger partial charge in [-0.15, -0.1) is 5.10 Å². The first kappa shape index (κ1) is 13.1. The summed E-state index contributed by atoms with van der Waals surface area (Å²) in [6, 6.07) is 8.28. The van der Waals surface area contributed by atoms with E-state index in [1.807, 2.05) is 6.07 Å². The Labute approximate surface area is 111 Å². The second-order valence-corrected chi connectivity index (χ2v) is 5.48. The summed E-state index contributed by atoms with van der Waals surface area (Å²) >= 11 is 1.41. The van der Waals surface area contributed by atoms with E-state index in [1.54, 1.807) is 0 Å². The van der Waals surface area contributed by atoms with Crippen LogP contribution in [0.5, 0.6) is 0 Å². The minimum Gasteiger partial charge on any atom is -0.271 e. The highest BCUT2D eigenvalue weighted by Crippen LogP contribution is 2.30. The van der Waals surface area contributed by atoms with Crippen LogP contribution in [0.15, 0.2) is 24.3 Å². The number of nitrogens with one attached hydrogen (secondary N) is 1. The second kappa shape index (κ2) is 5.56. The quantitative estimate of drug-likeness (QED) is 0.656. The lowest BCUT2D eigenvalue weighted by atomic mass is 9.99. The third-order valence-electron chi connectivity index (χ3n) is 2.89. The van der Waals surface area contributed by atoms with Crippen LogP contribution in [0.4, 0.5) is 0 Å². The number of hydrogen-bond donors (Lipinski definition) is 2. The number of benzene rings is 1. The summed E-state index contributed by atoms with van der Waals surface area (Å²) < 4.78 is 4.06. The van der Waals surface area contributed by atoms with E-state index in [9.17, 15) is 0 Å². The molecule has 0 radical (unpaired) electrons. The van der Waals surface area contributed by atoms with Crippen molar-refractivity contribution >= 4 is 11.5 Å². The summed E-state index contributed by atoms with van der Waals surface area (Å²) in [6.45, 7) is 6.31. The Bertz CT molecular complexity index is 521. The van der Waals surface area contributed by atoms with Crippen LogP contribution in [-0.4, -0.2) is 9.59 Å². The lowest BCUT2D eigenvalue weighted by molar-refractivity contribution is 0.631. The molecule has 0 spiro atoms. The van der Waals surface area contributed by atoms with Gasteiger partial charge in [-0.1, -0.05) is 48.2 Å². The maximum Gasteiger partial charge on any atom is 0.0837 e. The molecule has 0 saturated carbocycles. The topological polar surface area (TPSA) is 63.8 Å². The van der Waals surface area contributed by atoms with E-state index in [4.69, 9.17) is 5.84 Å². The van der Waals surface area contributed by atoms with Gasteiger partial charge in [0.05, 0.1) is 16.6 Å². The van der Waals surface area contributed by atoms with Gasteiger partial charge >= 0.3 is 0 Å². The van der Waals surface area contributed by atoms with Gasteiger partial charge in [0.15, 0.2) is 0 Å². The van der Waals surface area contributed by atoms with Gasteiger partial charge in [-0.2, -0.15) is 0 Å². The van der Waals surface area contributed by atoms with Gasteiger partial charge < -0.3 is 0 Å². The van der Waals surface area contributed by atoms with Crippen LogP contribution >= 0.6 is 11.5 Å². The van der Waals surface area contributed by atoms with Crippen molar-refractivity contribution in [2.45, 2.75) is 32.7 Å². The van der Waals surface area contributed by atoms with Gasteiger partial charge in [0.25, 0.3) is 0 Å². The first-order chi connectivity index (χ1) is 8.63. The summed E-state index contributed by atoms with van der Waals surface area (Å²) in [5.41, 5.74) is 6.25. The first-order valence-corrected chi connectivity index (χ1v) is 6.75. The van der Waals surface area contributed by atoms with E-state index in [1.165, 1.54) is 17.1 Å². The number of hydrogen-bond acceptors (Lipinski definition) is 5. The molecule has 1 aromatic carbocycles. The lowest BCUT2D eigenvalue weighted by Gasteiger charge is -2.17. The molecule has 0 fully saturated rings. The summed E-state index contributed by atoms with van der Waals surface area (Å²) in [7, 11) is 0. The second-order valence-electron chi connectivity index (χ2n) is 4.69. The van der Waals surface area contributed by atoms with Crippen molar-refractivity contribution in [1.29, 1.82) is 0 Å². The highest BCUT2D eigenvalue weighted by molar-refractivity contribution is 7.05. The number of aromatic nitrogens is 2. The van der Waals surface area contributed by atoms with Crippen LogP contribution in [-0.2, 0) is 0 Å². The van der Waals surface area contributed by atoms with Crippen molar-refractivity contribution < 1.29 is 0 Å². The zero-order valence-corrected chi connectivity index (χ0v) is 11.7. The Morgan fingerprint density at radius 1 is 1.33 bits per heavy atom. The number of nitrogens with zero attached hydrogens (tertiary/aromatic N) is 2. The van der Waals surface area contributed by atoms with Crippen molar-refractivity contribution in [1.82, 2.24) is 15.0 Å².